The number of amides is 1. The second-order valence-corrected chi connectivity index (χ2v) is 5.89. The van der Waals surface area contributed by atoms with Gasteiger partial charge in [-0.05, 0) is 24.3 Å². The van der Waals surface area contributed by atoms with Gasteiger partial charge in [0.1, 0.15) is 19.0 Å². The zero-order valence-corrected chi connectivity index (χ0v) is 14.9. The van der Waals surface area contributed by atoms with Crippen LogP contribution in [-0.4, -0.2) is 48.8 Å². The second-order valence-electron chi connectivity index (χ2n) is 5.89. The number of fused-ring (bicyclic) bond motifs is 1. The van der Waals surface area contributed by atoms with Crippen molar-refractivity contribution in [2.45, 2.75) is 13.0 Å². The summed E-state index contributed by atoms with van der Waals surface area (Å²) < 4.78 is 12.3. The van der Waals surface area contributed by atoms with Crippen molar-refractivity contribution in [2.24, 2.45) is 0 Å². The van der Waals surface area contributed by atoms with Crippen LogP contribution in [0.15, 0.2) is 53.4 Å². The van der Waals surface area contributed by atoms with Crippen LogP contribution in [0, 0.1) is 0 Å². The van der Waals surface area contributed by atoms with Gasteiger partial charge in [-0.1, -0.05) is 11.2 Å². The van der Waals surface area contributed by atoms with E-state index in [1.807, 2.05) is 34.9 Å². The molecule has 4 rings (SSSR count). The molecule has 4 aromatic heterocycles. The monoisotopic (exact) mass is 379 g/mol. The molecule has 1 amide bonds. The van der Waals surface area contributed by atoms with Gasteiger partial charge in [-0.25, -0.2) is 0 Å². The first-order valence-corrected chi connectivity index (χ1v) is 8.65. The molecule has 142 valence electrons. The summed E-state index contributed by atoms with van der Waals surface area (Å²) in [4.78, 5) is 20.1. The molecule has 0 aliphatic heterocycles. The van der Waals surface area contributed by atoms with Crippen LogP contribution in [-0.2, 0) is 22.6 Å². The van der Waals surface area contributed by atoms with E-state index >= 15 is 0 Å². The number of hydrogen-bond acceptors (Lipinski definition) is 8. The predicted molar refractivity (Wildman–Crippen MR) is 96.9 cm³/mol. The normalized spacial score (nSPS) is 11.0. The van der Waals surface area contributed by atoms with Crippen molar-refractivity contribution in [3.63, 3.8) is 0 Å². The van der Waals surface area contributed by atoms with Gasteiger partial charge in [0.05, 0.1) is 0 Å². The number of nitrogens with one attached hydrogen (secondary N) is 1. The Balaban J connectivity index is 1.19. The topological polar surface area (TPSA) is 120 Å². The lowest BCUT2D eigenvalue weighted by atomic mass is 10.3. The van der Waals surface area contributed by atoms with Crippen molar-refractivity contribution in [2.75, 3.05) is 13.2 Å². The second kappa shape index (κ2) is 8.35. The number of carbonyl (C=O) groups is 1. The van der Waals surface area contributed by atoms with Crippen molar-refractivity contribution in [1.82, 2.24) is 35.0 Å². The first kappa shape index (κ1) is 17.7. The van der Waals surface area contributed by atoms with E-state index in [1.54, 1.807) is 18.5 Å². The predicted octanol–water partition coefficient (Wildman–Crippen LogP) is 1.05. The van der Waals surface area contributed by atoms with E-state index in [2.05, 4.69) is 30.6 Å². The van der Waals surface area contributed by atoms with Crippen molar-refractivity contribution in [3.05, 3.63) is 60.6 Å². The van der Waals surface area contributed by atoms with Gasteiger partial charge < -0.3 is 14.6 Å². The molecule has 10 heteroatoms. The number of nitrogens with zero attached hydrogens (tertiary/aromatic N) is 6. The molecular weight excluding hydrogens is 362 g/mol. The van der Waals surface area contributed by atoms with Crippen LogP contribution in [0.2, 0.25) is 0 Å². The van der Waals surface area contributed by atoms with Crippen LogP contribution < -0.4 is 5.32 Å². The molecule has 0 aliphatic carbocycles. The van der Waals surface area contributed by atoms with E-state index in [1.165, 1.54) is 0 Å². The Morgan fingerprint density at radius 2 is 2.18 bits per heavy atom. The highest BCUT2D eigenvalue weighted by atomic mass is 16.5. The third-order valence-electron chi connectivity index (χ3n) is 3.90. The van der Waals surface area contributed by atoms with Gasteiger partial charge in [-0.2, -0.15) is 4.98 Å². The number of pyridine rings is 2. The fraction of sp³-hybridized carbons (Fsp3) is 0.222. The maximum Gasteiger partial charge on any atom is 0.252 e. The van der Waals surface area contributed by atoms with E-state index in [9.17, 15) is 4.79 Å². The van der Waals surface area contributed by atoms with Crippen molar-refractivity contribution in [1.29, 1.82) is 0 Å². The minimum atomic E-state index is -0.235. The summed E-state index contributed by atoms with van der Waals surface area (Å²) >= 11 is 0. The van der Waals surface area contributed by atoms with Crippen molar-refractivity contribution in [3.8, 4) is 11.4 Å². The largest absolute Gasteiger partial charge is 0.362 e. The standard InChI is InChI=1S/C18H17N7O3/c26-16(20-8-6-15-23-22-14-5-1-2-9-25(14)15)11-27-12-17-21-18(24-28-17)13-4-3-7-19-10-13/h1-5,7,9-10H,6,8,11-12H2,(H,20,26). The molecule has 28 heavy (non-hydrogen) atoms. The van der Waals surface area contributed by atoms with Crippen LogP contribution in [0.1, 0.15) is 11.7 Å². The zero-order chi connectivity index (χ0) is 19.2. The first-order chi connectivity index (χ1) is 13.8. The van der Waals surface area contributed by atoms with Gasteiger partial charge in [-0.3, -0.25) is 14.2 Å². The Hall–Kier alpha value is -3.66. The molecule has 0 aromatic carbocycles. The highest BCUT2D eigenvalue weighted by Gasteiger charge is 2.10. The molecule has 1 N–H and O–H groups in total. The summed E-state index contributed by atoms with van der Waals surface area (Å²) in [6.45, 7) is 0.379. The highest BCUT2D eigenvalue weighted by Crippen LogP contribution is 2.13. The van der Waals surface area contributed by atoms with Gasteiger partial charge in [0.2, 0.25) is 11.7 Å². The molecule has 0 radical (unpaired) electrons. The quantitative estimate of drug-likeness (QED) is 0.482. The van der Waals surface area contributed by atoms with Crippen LogP contribution in [0.4, 0.5) is 0 Å². The number of rotatable bonds is 8. The average molecular weight is 379 g/mol. The summed E-state index contributed by atoms with van der Waals surface area (Å²) in [6, 6.07) is 9.29. The van der Waals surface area contributed by atoms with Gasteiger partial charge in [0, 0.05) is 37.1 Å². The molecule has 0 saturated carbocycles. The number of ether oxygens (including phenoxy) is 1. The molecule has 10 nitrogen and oxygen atoms in total. The van der Waals surface area contributed by atoms with E-state index < -0.39 is 0 Å². The number of hydrogen-bond donors (Lipinski definition) is 1. The number of carbonyl (C=O) groups excluding carboxylic acids is 1. The number of aromatic nitrogens is 6. The molecule has 0 bridgehead atoms. The Kier molecular flexibility index (Phi) is 5.29. The Bertz CT molecular complexity index is 1060. The summed E-state index contributed by atoms with van der Waals surface area (Å²) in [7, 11) is 0. The maximum atomic E-state index is 11.9. The molecule has 0 unspecified atom stereocenters. The summed E-state index contributed by atoms with van der Waals surface area (Å²) in [5.41, 5.74) is 1.52. The van der Waals surface area contributed by atoms with Gasteiger partial charge in [0.25, 0.3) is 5.89 Å². The SMILES string of the molecule is O=C(COCc1nc(-c2cccnc2)no1)NCCc1nnc2ccccn12. The Morgan fingerprint density at radius 1 is 1.21 bits per heavy atom. The molecule has 0 fully saturated rings. The smallest absolute Gasteiger partial charge is 0.252 e. The Labute approximate surface area is 159 Å². The molecule has 0 aliphatic rings. The molecule has 0 saturated heterocycles. The fourth-order valence-electron chi connectivity index (χ4n) is 2.58. The van der Waals surface area contributed by atoms with E-state index in [-0.39, 0.29) is 19.1 Å². The Morgan fingerprint density at radius 3 is 3.07 bits per heavy atom. The average Bonchev–Trinajstić information content (AvgIpc) is 3.36. The first-order valence-electron chi connectivity index (χ1n) is 8.65. The molecule has 4 heterocycles. The summed E-state index contributed by atoms with van der Waals surface area (Å²) in [5.74, 6) is 1.27. The van der Waals surface area contributed by atoms with Crippen LogP contribution in [0.5, 0.6) is 0 Å². The summed E-state index contributed by atoms with van der Waals surface area (Å²) in [5, 5.41) is 14.8. The van der Waals surface area contributed by atoms with Crippen LogP contribution >= 0.6 is 0 Å². The van der Waals surface area contributed by atoms with E-state index in [0.717, 1.165) is 17.0 Å². The minimum absolute atomic E-state index is 0.0511. The van der Waals surface area contributed by atoms with Crippen molar-refractivity contribution >= 4 is 11.6 Å². The maximum absolute atomic E-state index is 11.9. The molecular formula is C18H17N7O3. The van der Waals surface area contributed by atoms with Crippen LogP contribution in [0.25, 0.3) is 17.0 Å². The summed E-state index contributed by atoms with van der Waals surface area (Å²) in [6.07, 6.45) is 5.76. The lowest BCUT2D eigenvalue weighted by Gasteiger charge is -2.04. The van der Waals surface area contributed by atoms with E-state index in [4.69, 9.17) is 9.26 Å². The minimum Gasteiger partial charge on any atom is -0.362 e. The van der Waals surface area contributed by atoms with Crippen molar-refractivity contribution < 1.29 is 14.1 Å². The van der Waals surface area contributed by atoms with Crippen LogP contribution in [0.3, 0.4) is 0 Å². The highest BCUT2D eigenvalue weighted by molar-refractivity contribution is 5.77. The van der Waals surface area contributed by atoms with Gasteiger partial charge >= 0.3 is 0 Å². The third kappa shape index (κ3) is 4.18. The lowest BCUT2D eigenvalue weighted by molar-refractivity contribution is -0.126. The molecule has 0 spiro atoms. The van der Waals surface area contributed by atoms with Gasteiger partial charge in [0.15, 0.2) is 5.65 Å². The fourth-order valence-corrected chi connectivity index (χ4v) is 2.58. The van der Waals surface area contributed by atoms with Gasteiger partial charge in [-0.15, -0.1) is 10.2 Å². The third-order valence-corrected chi connectivity index (χ3v) is 3.90. The molecule has 4 aromatic rings. The zero-order valence-electron chi connectivity index (χ0n) is 14.9. The van der Waals surface area contributed by atoms with E-state index in [0.29, 0.717) is 24.7 Å². The molecule has 0 atom stereocenters. The lowest BCUT2D eigenvalue weighted by Crippen LogP contribution is -2.29.